The zero-order valence-corrected chi connectivity index (χ0v) is 13.7. The van der Waals surface area contributed by atoms with Gasteiger partial charge in [-0.3, -0.25) is 14.6 Å². The van der Waals surface area contributed by atoms with E-state index in [0.29, 0.717) is 17.0 Å². The van der Waals surface area contributed by atoms with Gasteiger partial charge in [0.25, 0.3) is 5.91 Å². The number of carbonyl (C=O) groups is 2. The minimum Gasteiger partial charge on any atom is -0.366 e. The molecule has 1 aromatic heterocycles. The molecule has 0 bridgehead atoms. The molecule has 0 spiro atoms. The summed E-state index contributed by atoms with van der Waals surface area (Å²) in [6.45, 7) is 3.42. The van der Waals surface area contributed by atoms with Crippen molar-refractivity contribution >= 4 is 11.8 Å². The Morgan fingerprint density at radius 3 is 2.83 bits per heavy atom. The number of pyridine rings is 1. The third-order valence-corrected chi connectivity index (χ3v) is 4.43. The summed E-state index contributed by atoms with van der Waals surface area (Å²) in [6.07, 6.45) is 5.18. The van der Waals surface area contributed by atoms with Crippen molar-refractivity contribution in [2.75, 3.05) is 13.1 Å². The van der Waals surface area contributed by atoms with E-state index >= 15 is 0 Å². The summed E-state index contributed by atoms with van der Waals surface area (Å²) in [7, 11) is 0. The number of hydrogen-bond donors (Lipinski definition) is 1. The van der Waals surface area contributed by atoms with Gasteiger partial charge >= 0.3 is 0 Å². The molecule has 0 aliphatic carbocycles. The molecular weight excluding hydrogens is 302 g/mol. The second-order valence-electron chi connectivity index (χ2n) is 6.43. The number of primary amides is 1. The van der Waals surface area contributed by atoms with Crippen LogP contribution in [-0.2, 0) is 6.42 Å². The molecule has 1 fully saturated rings. The van der Waals surface area contributed by atoms with E-state index in [0.717, 1.165) is 37.1 Å². The van der Waals surface area contributed by atoms with Crippen molar-refractivity contribution in [1.29, 1.82) is 0 Å². The zero-order valence-electron chi connectivity index (χ0n) is 13.7. The monoisotopic (exact) mass is 323 g/mol. The van der Waals surface area contributed by atoms with Crippen LogP contribution in [0.4, 0.5) is 0 Å². The molecule has 1 aliphatic heterocycles. The summed E-state index contributed by atoms with van der Waals surface area (Å²) in [6, 6.07) is 9.30. The zero-order chi connectivity index (χ0) is 17.1. The van der Waals surface area contributed by atoms with Gasteiger partial charge in [0, 0.05) is 31.0 Å². The number of hydrogen-bond acceptors (Lipinski definition) is 3. The van der Waals surface area contributed by atoms with Crippen molar-refractivity contribution < 1.29 is 9.59 Å². The molecule has 0 radical (unpaired) electrons. The van der Waals surface area contributed by atoms with Gasteiger partial charge in [-0.15, -0.1) is 0 Å². The third kappa shape index (κ3) is 3.62. The summed E-state index contributed by atoms with van der Waals surface area (Å²) in [5.74, 6) is 0.0291. The lowest BCUT2D eigenvalue weighted by molar-refractivity contribution is 0.0786. The predicted molar refractivity (Wildman–Crippen MR) is 91.6 cm³/mol. The second-order valence-corrected chi connectivity index (χ2v) is 6.43. The molecule has 1 saturated heterocycles. The van der Waals surface area contributed by atoms with Crippen LogP contribution >= 0.6 is 0 Å². The van der Waals surface area contributed by atoms with E-state index in [4.69, 9.17) is 5.73 Å². The first-order valence-corrected chi connectivity index (χ1v) is 8.12. The molecule has 2 N–H and O–H groups in total. The fourth-order valence-corrected chi connectivity index (χ4v) is 3.22. The van der Waals surface area contributed by atoms with Crippen LogP contribution in [0.3, 0.4) is 0 Å². The lowest BCUT2D eigenvalue weighted by Crippen LogP contribution is -2.29. The van der Waals surface area contributed by atoms with Gasteiger partial charge in [0.2, 0.25) is 5.91 Å². The summed E-state index contributed by atoms with van der Waals surface area (Å²) >= 11 is 0. The first-order valence-electron chi connectivity index (χ1n) is 8.12. The van der Waals surface area contributed by atoms with E-state index in [9.17, 15) is 9.59 Å². The van der Waals surface area contributed by atoms with E-state index in [1.807, 2.05) is 36.1 Å². The highest BCUT2D eigenvalue weighted by molar-refractivity contribution is 5.94. The maximum Gasteiger partial charge on any atom is 0.255 e. The number of nitrogens with two attached hydrogens (primary N) is 1. The fraction of sp³-hybridized carbons (Fsp3) is 0.316. The number of likely N-dealkylation sites (tertiary alicyclic amines) is 1. The van der Waals surface area contributed by atoms with Gasteiger partial charge in [0.1, 0.15) is 0 Å². The molecule has 1 aromatic carbocycles. The Morgan fingerprint density at radius 2 is 2.08 bits per heavy atom. The topological polar surface area (TPSA) is 76.3 Å². The molecule has 124 valence electrons. The van der Waals surface area contributed by atoms with Gasteiger partial charge < -0.3 is 10.6 Å². The number of amides is 2. The molecule has 2 aromatic rings. The summed E-state index contributed by atoms with van der Waals surface area (Å²) in [4.78, 5) is 29.8. The van der Waals surface area contributed by atoms with E-state index in [1.54, 1.807) is 18.5 Å². The molecule has 1 aliphatic rings. The smallest absolute Gasteiger partial charge is 0.255 e. The Kier molecular flexibility index (Phi) is 4.60. The first-order chi connectivity index (χ1) is 11.5. The SMILES string of the molecule is Cc1cncc(C(=O)N2CCC(Cc3cccc(C(N)=O)c3)C2)c1. The van der Waals surface area contributed by atoms with Crippen LogP contribution in [0.15, 0.2) is 42.7 Å². The van der Waals surface area contributed by atoms with E-state index in [2.05, 4.69) is 4.98 Å². The highest BCUT2D eigenvalue weighted by Gasteiger charge is 2.27. The van der Waals surface area contributed by atoms with Gasteiger partial charge in [-0.2, -0.15) is 0 Å². The van der Waals surface area contributed by atoms with Gasteiger partial charge in [-0.1, -0.05) is 12.1 Å². The van der Waals surface area contributed by atoms with Crippen LogP contribution in [-0.4, -0.2) is 34.8 Å². The van der Waals surface area contributed by atoms with Crippen molar-refractivity contribution in [3.05, 3.63) is 65.0 Å². The number of aromatic nitrogens is 1. The Bertz CT molecular complexity index is 773. The number of nitrogens with zero attached hydrogens (tertiary/aromatic N) is 2. The predicted octanol–water partition coefficient (Wildman–Crippen LogP) is 2.19. The lowest BCUT2D eigenvalue weighted by atomic mass is 9.97. The summed E-state index contributed by atoms with van der Waals surface area (Å²) in [5.41, 5.74) is 8.58. The summed E-state index contributed by atoms with van der Waals surface area (Å²) in [5, 5.41) is 0. The van der Waals surface area contributed by atoms with Gasteiger partial charge in [0.05, 0.1) is 5.56 Å². The molecule has 5 heteroatoms. The van der Waals surface area contributed by atoms with E-state index in [-0.39, 0.29) is 5.91 Å². The van der Waals surface area contributed by atoms with Crippen LogP contribution in [0, 0.1) is 12.8 Å². The highest BCUT2D eigenvalue weighted by atomic mass is 16.2. The number of carbonyl (C=O) groups excluding carboxylic acids is 2. The number of benzene rings is 1. The standard InChI is InChI=1S/C19H21N3O2/c1-13-7-17(11-21-10-13)19(24)22-6-5-15(12-22)8-14-3-2-4-16(9-14)18(20)23/h2-4,7,9-11,15H,5-6,8,12H2,1H3,(H2,20,23). The maximum atomic E-state index is 12.6. The average Bonchev–Trinajstić information content (AvgIpc) is 3.03. The van der Waals surface area contributed by atoms with Crippen molar-refractivity contribution in [3.8, 4) is 0 Å². The molecule has 1 atom stereocenters. The van der Waals surface area contributed by atoms with Crippen molar-refractivity contribution in [2.24, 2.45) is 11.7 Å². The number of aryl methyl sites for hydroxylation is 1. The Labute approximate surface area is 141 Å². The molecule has 0 saturated carbocycles. The van der Waals surface area contributed by atoms with Gasteiger partial charge in [-0.25, -0.2) is 0 Å². The van der Waals surface area contributed by atoms with E-state index in [1.165, 1.54) is 0 Å². The molecule has 24 heavy (non-hydrogen) atoms. The average molecular weight is 323 g/mol. The second kappa shape index (κ2) is 6.83. The van der Waals surface area contributed by atoms with Crippen LogP contribution < -0.4 is 5.73 Å². The van der Waals surface area contributed by atoms with E-state index < -0.39 is 5.91 Å². The maximum absolute atomic E-state index is 12.6. The van der Waals surface area contributed by atoms with Gasteiger partial charge in [0.15, 0.2) is 0 Å². The normalized spacial score (nSPS) is 17.0. The summed E-state index contributed by atoms with van der Waals surface area (Å²) < 4.78 is 0. The minimum atomic E-state index is -0.410. The Morgan fingerprint density at radius 1 is 1.25 bits per heavy atom. The van der Waals surface area contributed by atoms with Gasteiger partial charge in [-0.05, 0) is 55.0 Å². The fourth-order valence-electron chi connectivity index (χ4n) is 3.22. The quantitative estimate of drug-likeness (QED) is 0.937. The molecular formula is C19H21N3O2. The lowest BCUT2D eigenvalue weighted by Gasteiger charge is -2.17. The highest BCUT2D eigenvalue weighted by Crippen LogP contribution is 2.23. The van der Waals surface area contributed by atoms with Crippen LogP contribution in [0.5, 0.6) is 0 Å². The first kappa shape index (κ1) is 16.2. The van der Waals surface area contributed by atoms with Crippen LogP contribution in [0.2, 0.25) is 0 Å². The Balaban J connectivity index is 1.64. The Hall–Kier alpha value is -2.69. The minimum absolute atomic E-state index is 0.0413. The third-order valence-electron chi connectivity index (χ3n) is 4.43. The van der Waals surface area contributed by atoms with Crippen molar-refractivity contribution in [2.45, 2.75) is 19.8 Å². The molecule has 3 rings (SSSR count). The molecule has 2 heterocycles. The van der Waals surface area contributed by atoms with Crippen LogP contribution in [0.1, 0.15) is 38.3 Å². The van der Waals surface area contributed by atoms with Crippen molar-refractivity contribution in [1.82, 2.24) is 9.88 Å². The number of rotatable bonds is 4. The largest absolute Gasteiger partial charge is 0.366 e. The molecule has 2 amide bonds. The molecule has 5 nitrogen and oxygen atoms in total. The van der Waals surface area contributed by atoms with Crippen LogP contribution in [0.25, 0.3) is 0 Å². The molecule has 1 unspecified atom stereocenters. The van der Waals surface area contributed by atoms with Crippen molar-refractivity contribution in [3.63, 3.8) is 0 Å².